The molecular weight excluding hydrogens is 903 g/mol. The van der Waals surface area contributed by atoms with Crippen LogP contribution in [0.2, 0.25) is 0 Å². The van der Waals surface area contributed by atoms with Crippen molar-refractivity contribution in [3.63, 3.8) is 0 Å². The quantitative estimate of drug-likeness (QED) is 0.139. The molecule has 4 aliphatic rings. The number of sulfone groups is 1. The molecular formula is C50H51N9O9S. The number of para-hydroxylation sites is 2. The van der Waals surface area contributed by atoms with Crippen molar-refractivity contribution in [3.8, 4) is 28.8 Å². The lowest BCUT2D eigenvalue weighted by Crippen LogP contribution is -2.54. The SMILES string of the molecule is CS(=O)(=O)c1ccc(-c2nn(-c3nc4ccccc4[nH]3)c(O)c2CCc2ccc(OCC(=O)N3CCC(CN4CCN(c5ccc6c(c5)C(=O)N(C5CCC(=O)NC5=O)C6=O)CC4)CC3)cc2)cc1. The van der Waals surface area contributed by atoms with Gasteiger partial charge in [-0.3, -0.25) is 39.1 Å². The molecule has 19 heteroatoms. The Balaban J connectivity index is 0.687. The Morgan fingerprint density at radius 2 is 1.55 bits per heavy atom. The first-order valence-electron chi connectivity index (χ1n) is 23.2. The van der Waals surface area contributed by atoms with E-state index in [1.165, 1.54) is 16.8 Å². The predicted octanol–water partition coefficient (Wildman–Crippen LogP) is 4.15. The van der Waals surface area contributed by atoms with Crippen molar-refractivity contribution >= 4 is 56.1 Å². The first-order chi connectivity index (χ1) is 33.3. The van der Waals surface area contributed by atoms with Gasteiger partial charge in [-0.1, -0.05) is 36.4 Å². The number of likely N-dealkylation sites (tertiary alicyclic amines) is 1. The van der Waals surface area contributed by atoms with Gasteiger partial charge in [0.05, 0.1) is 27.1 Å². The van der Waals surface area contributed by atoms with Crippen LogP contribution in [0.3, 0.4) is 0 Å². The van der Waals surface area contributed by atoms with E-state index in [4.69, 9.17) is 9.84 Å². The smallest absolute Gasteiger partial charge is 0.262 e. The zero-order chi connectivity index (χ0) is 48.0. The number of nitrogens with one attached hydrogen (secondary N) is 2. The number of carbonyl (C=O) groups is 5. The summed E-state index contributed by atoms with van der Waals surface area (Å²) in [7, 11) is -3.41. The molecule has 1 unspecified atom stereocenters. The Kier molecular flexibility index (Phi) is 12.2. The van der Waals surface area contributed by atoms with E-state index in [0.29, 0.717) is 60.4 Å². The minimum atomic E-state index is -3.41. The number of imide groups is 2. The largest absolute Gasteiger partial charge is 0.493 e. The minimum Gasteiger partial charge on any atom is -0.493 e. The first-order valence-corrected chi connectivity index (χ1v) is 25.1. The Bertz CT molecular complexity index is 3060. The number of anilines is 1. The van der Waals surface area contributed by atoms with Crippen LogP contribution in [-0.2, 0) is 37.1 Å². The standard InChI is InChI=1S/C50H51N9O9S/c1-69(66,67)36-14-9-33(10-15-36)45-38(49(65)59(54-45)50-51-40-4-2-3-5-41(40)52-50)16-8-31-6-12-35(13-7-31)68-30-44(61)57-22-20-32(21-23-57)29-55-24-26-56(27-25-55)34-11-17-37-39(28-34)48(64)58(47(37)63)42-18-19-43(60)53-46(42)62/h2-7,9-15,17,28,32,42,65H,8,16,18-27,29-30H2,1H3,(H,51,52)(H,53,60,62). The maximum atomic E-state index is 13.4. The number of aromatic nitrogens is 4. The van der Waals surface area contributed by atoms with Gasteiger partial charge in [0.2, 0.25) is 23.6 Å². The highest BCUT2D eigenvalue weighted by atomic mass is 32.2. The molecule has 4 aromatic carbocycles. The third kappa shape index (κ3) is 9.31. The van der Waals surface area contributed by atoms with E-state index in [1.807, 2.05) is 59.5 Å². The van der Waals surface area contributed by atoms with Gasteiger partial charge in [0.15, 0.2) is 16.4 Å². The number of carbonyl (C=O) groups excluding carboxylic acids is 5. The second-order valence-electron chi connectivity index (χ2n) is 18.2. The fraction of sp³-hybridized carbons (Fsp3) is 0.340. The van der Waals surface area contributed by atoms with E-state index < -0.39 is 39.5 Å². The zero-order valence-electron chi connectivity index (χ0n) is 38.0. The molecule has 0 saturated carbocycles. The van der Waals surface area contributed by atoms with Gasteiger partial charge in [0.1, 0.15) is 17.5 Å². The summed E-state index contributed by atoms with van der Waals surface area (Å²) >= 11 is 0. The van der Waals surface area contributed by atoms with Gasteiger partial charge in [-0.25, -0.2) is 13.4 Å². The molecule has 1 atom stereocenters. The molecule has 356 valence electrons. The number of ether oxygens (including phenoxy) is 1. The van der Waals surface area contributed by atoms with Crippen LogP contribution < -0.4 is 15.0 Å². The number of nitrogens with zero attached hydrogens (tertiary/aromatic N) is 7. The highest BCUT2D eigenvalue weighted by Crippen LogP contribution is 2.35. The van der Waals surface area contributed by atoms with Gasteiger partial charge < -0.3 is 24.6 Å². The third-order valence-electron chi connectivity index (χ3n) is 13.7. The summed E-state index contributed by atoms with van der Waals surface area (Å²) in [5.41, 5.74) is 5.61. The topological polar surface area (TPSA) is 220 Å². The highest BCUT2D eigenvalue weighted by Gasteiger charge is 2.45. The molecule has 3 saturated heterocycles. The molecule has 18 nitrogen and oxygen atoms in total. The summed E-state index contributed by atoms with van der Waals surface area (Å²) < 4.78 is 31.6. The zero-order valence-corrected chi connectivity index (χ0v) is 38.8. The van der Waals surface area contributed by atoms with E-state index in [9.17, 15) is 37.5 Å². The predicted molar refractivity (Wildman–Crippen MR) is 254 cm³/mol. The molecule has 2 aromatic heterocycles. The van der Waals surface area contributed by atoms with Crippen molar-refractivity contribution in [2.45, 2.75) is 49.5 Å². The molecule has 69 heavy (non-hydrogen) atoms. The number of rotatable bonds is 13. The number of piperidine rings is 2. The number of amides is 5. The average Bonchev–Trinajstić information content (AvgIpc) is 4.01. The van der Waals surface area contributed by atoms with Gasteiger partial charge >= 0.3 is 0 Å². The van der Waals surface area contributed by atoms with Crippen LogP contribution in [0.5, 0.6) is 11.6 Å². The van der Waals surface area contributed by atoms with Crippen LogP contribution >= 0.6 is 0 Å². The van der Waals surface area contributed by atoms with Crippen molar-refractivity contribution in [1.29, 1.82) is 0 Å². The fourth-order valence-electron chi connectivity index (χ4n) is 9.78. The molecule has 5 amide bonds. The molecule has 6 aromatic rings. The summed E-state index contributed by atoms with van der Waals surface area (Å²) in [6, 6.07) is 25.7. The minimum absolute atomic E-state index is 0.0602. The van der Waals surface area contributed by atoms with Crippen molar-refractivity contribution in [2.24, 2.45) is 5.92 Å². The van der Waals surface area contributed by atoms with Crippen LogP contribution in [0.1, 0.15) is 57.5 Å². The molecule has 0 spiro atoms. The Labute approximate surface area is 397 Å². The third-order valence-corrected chi connectivity index (χ3v) is 14.8. The van der Waals surface area contributed by atoms with Crippen molar-refractivity contribution in [2.75, 3.05) is 63.6 Å². The van der Waals surface area contributed by atoms with Crippen molar-refractivity contribution in [3.05, 3.63) is 113 Å². The second-order valence-corrected chi connectivity index (χ2v) is 20.2. The van der Waals surface area contributed by atoms with Gasteiger partial charge in [-0.15, -0.1) is 0 Å². The lowest BCUT2D eigenvalue weighted by Gasteiger charge is -2.39. The number of aromatic amines is 1. The van der Waals surface area contributed by atoms with Crippen LogP contribution in [0.15, 0.2) is 95.9 Å². The van der Waals surface area contributed by atoms with E-state index in [-0.39, 0.29) is 47.3 Å². The Morgan fingerprint density at radius 1 is 0.826 bits per heavy atom. The lowest BCUT2D eigenvalue weighted by molar-refractivity contribution is -0.136. The Hall–Kier alpha value is -7.38. The summed E-state index contributed by atoms with van der Waals surface area (Å²) in [6.45, 7) is 5.34. The summed E-state index contributed by atoms with van der Waals surface area (Å²) in [6.07, 6.45) is 4.10. The number of hydrogen-bond acceptors (Lipinski definition) is 13. The molecule has 0 radical (unpaired) electrons. The number of imidazole rings is 1. The van der Waals surface area contributed by atoms with Crippen LogP contribution in [-0.4, -0.2) is 142 Å². The Morgan fingerprint density at radius 3 is 2.26 bits per heavy atom. The van der Waals surface area contributed by atoms with Crippen molar-refractivity contribution in [1.82, 2.24) is 39.8 Å². The van der Waals surface area contributed by atoms with Gasteiger partial charge in [0.25, 0.3) is 17.7 Å². The molecule has 3 N–H and O–H groups in total. The van der Waals surface area contributed by atoms with Gasteiger partial charge in [-0.05, 0) is 98.2 Å². The second kappa shape index (κ2) is 18.6. The average molecular weight is 954 g/mol. The van der Waals surface area contributed by atoms with Crippen LogP contribution in [0.25, 0.3) is 28.2 Å². The van der Waals surface area contributed by atoms with E-state index >= 15 is 0 Å². The lowest BCUT2D eigenvalue weighted by atomic mass is 9.96. The summed E-state index contributed by atoms with van der Waals surface area (Å²) in [5, 5.41) is 18.5. The van der Waals surface area contributed by atoms with Gasteiger partial charge in [0, 0.05) is 75.3 Å². The highest BCUT2D eigenvalue weighted by molar-refractivity contribution is 7.90. The molecule has 6 heterocycles. The van der Waals surface area contributed by atoms with Gasteiger partial charge in [-0.2, -0.15) is 9.78 Å². The first kappa shape index (κ1) is 45.4. The fourth-order valence-corrected chi connectivity index (χ4v) is 10.4. The number of fused-ring (bicyclic) bond motifs is 2. The number of H-pyrrole nitrogens is 1. The van der Waals surface area contributed by atoms with E-state index in [1.54, 1.807) is 24.3 Å². The molecule has 0 aliphatic carbocycles. The molecule has 4 aliphatic heterocycles. The van der Waals surface area contributed by atoms with Crippen molar-refractivity contribution < 1.29 is 42.2 Å². The molecule has 10 rings (SSSR count). The maximum Gasteiger partial charge on any atom is 0.262 e. The van der Waals surface area contributed by atoms with E-state index in [2.05, 4.69) is 25.1 Å². The number of aryl methyl sites for hydroxylation is 1. The summed E-state index contributed by atoms with van der Waals surface area (Å²) in [4.78, 5) is 79.4. The number of benzene rings is 4. The number of aromatic hydroxyl groups is 1. The normalized spacial score (nSPS) is 18.3. The summed E-state index contributed by atoms with van der Waals surface area (Å²) in [5.74, 6) is -0.819. The molecule has 3 fully saturated rings. The van der Waals surface area contributed by atoms with Crippen LogP contribution in [0.4, 0.5) is 5.69 Å². The number of piperazine rings is 1. The number of hydrogen-bond donors (Lipinski definition) is 3. The van der Waals surface area contributed by atoms with E-state index in [0.717, 1.165) is 79.0 Å². The maximum absolute atomic E-state index is 13.4. The molecule has 0 bridgehead atoms. The van der Waals surface area contributed by atoms with Crippen LogP contribution in [0, 0.1) is 5.92 Å². The monoisotopic (exact) mass is 953 g/mol.